The maximum Gasteiger partial charge on any atom is 0.194 e. The number of nitrogens with one attached hydrogen (secondary N) is 1. The van der Waals surface area contributed by atoms with Crippen LogP contribution in [0.1, 0.15) is 33.0 Å². The zero-order chi connectivity index (χ0) is 9.19. The fraction of sp³-hybridized carbons (Fsp3) is 0.857. The smallest absolute Gasteiger partial charge is 0.194 e. The van der Waals surface area contributed by atoms with Crippen LogP contribution < -0.4 is 5.73 Å². The van der Waals surface area contributed by atoms with Crippen molar-refractivity contribution in [3.05, 3.63) is 5.82 Å². The van der Waals surface area contributed by atoms with Crippen molar-refractivity contribution in [3.63, 3.8) is 0 Å². The van der Waals surface area contributed by atoms with Gasteiger partial charge in [-0.3, -0.25) is 0 Å². The molecule has 0 radical (unpaired) electrons. The average Bonchev–Trinajstić information content (AvgIpc) is 2.55. The van der Waals surface area contributed by atoms with Crippen LogP contribution in [-0.2, 0) is 5.54 Å². The quantitative estimate of drug-likeness (QED) is 0.687. The van der Waals surface area contributed by atoms with Gasteiger partial charge in [-0.2, -0.15) is 5.21 Å². The summed E-state index contributed by atoms with van der Waals surface area (Å²) in [7, 11) is 0. The second kappa shape index (κ2) is 3.18. The number of hydrogen-bond donors (Lipinski definition) is 2. The van der Waals surface area contributed by atoms with Crippen molar-refractivity contribution in [1.29, 1.82) is 0 Å². The first-order chi connectivity index (χ1) is 5.59. The summed E-state index contributed by atoms with van der Waals surface area (Å²) in [6.07, 6.45) is 1.00. The Bertz CT molecular complexity index is 228. The van der Waals surface area contributed by atoms with E-state index in [1.54, 1.807) is 0 Å². The van der Waals surface area contributed by atoms with Crippen molar-refractivity contribution in [2.24, 2.45) is 11.7 Å². The van der Waals surface area contributed by atoms with Gasteiger partial charge in [0, 0.05) is 0 Å². The third kappa shape index (κ3) is 1.45. The van der Waals surface area contributed by atoms with Gasteiger partial charge >= 0.3 is 0 Å². The number of tetrazole rings is 1. The first kappa shape index (κ1) is 9.12. The second-order valence-electron chi connectivity index (χ2n) is 3.33. The van der Waals surface area contributed by atoms with Gasteiger partial charge in [-0.15, -0.1) is 10.2 Å². The summed E-state index contributed by atoms with van der Waals surface area (Å²) < 4.78 is 0. The number of H-pyrrole nitrogens is 1. The summed E-state index contributed by atoms with van der Waals surface area (Å²) in [4.78, 5) is 0. The van der Waals surface area contributed by atoms with Crippen LogP contribution in [0.5, 0.6) is 0 Å². The summed E-state index contributed by atoms with van der Waals surface area (Å²) in [6, 6.07) is 0. The van der Waals surface area contributed by atoms with Crippen molar-refractivity contribution in [2.75, 3.05) is 0 Å². The number of hydrogen-bond acceptors (Lipinski definition) is 4. The topological polar surface area (TPSA) is 80.5 Å². The molecule has 0 bridgehead atoms. The lowest BCUT2D eigenvalue weighted by atomic mass is 9.85. The number of nitrogens with two attached hydrogens (primary N) is 1. The van der Waals surface area contributed by atoms with E-state index in [4.69, 9.17) is 5.73 Å². The van der Waals surface area contributed by atoms with Crippen molar-refractivity contribution in [2.45, 2.75) is 32.7 Å². The van der Waals surface area contributed by atoms with Gasteiger partial charge in [0.05, 0.1) is 5.54 Å². The van der Waals surface area contributed by atoms with Crippen molar-refractivity contribution in [3.8, 4) is 0 Å². The lowest BCUT2D eigenvalue weighted by Gasteiger charge is -2.26. The Hall–Kier alpha value is -0.970. The number of aromatic nitrogens is 4. The molecule has 1 aromatic heterocycles. The van der Waals surface area contributed by atoms with E-state index in [9.17, 15) is 0 Å². The molecule has 5 nitrogen and oxygen atoms in total. The fourth-order valence-corrected chi connectivity index (χ4v) is 1.03. The highest BCUT2D eigenvalue weighted by Gasteiger charge is 2.31. The lowest BCUT2D eigenvalue weighted by molar-refractivity contribution is 0.299. The predicted molar refractivity (Wildman–Crippen MR) is 45.2 cm³/mol. The third-order valence-electron chi connectivity index (χ3n) is 2.46. The minimum absolute atomic E-state index is 0.343. The van der Waals surface area contributed by atoms with Gasteiger partial charge in [-0.25, -0.2) is 0 Å². The maximum atomic E-state index is 6.05. The van der Waals surface area contributed by atoms with Crippen LogP contribution in [0.2, 0.25) is 0 Å². The summed E-state index contributed by atoms with van der Waals surface area (Å²) in [5.41, 5.74) is 5.57. The molecule has 0 saturated heterocycles. The number of nitrogens with zero attached hydrogens (tertiary/aromatic N) is 3. The van der Waals surface area contributed by atoms with E-state index in [2.05, 4.69) is 34.5 Å². The molecule has 2 unspecified atom stereocenters. The van der Waals surface area contributed by atoms with Crippen LogP contribution in [0.15, 0.2) is 0 Å². The van der Waals surface area contributed by atoms with Crippen LogP contribution in [0.3, 0.4) is 0 Å². The first-order valence-electron chi connectivity index (χ1n) is 4.11. The van der Waals surface area contributed by atoms with Crippen molar-refractivity contribution in [1.82, 2.24) is 20.6 Å². The largest absolute Gasteiger partial charge is 0.319 e. The molecule has 0 spiro atoms. The molecule has 12 heavy (non-hydrogen) atoms. The summed E-state index contributed by atoms with van der Waals surface area (Å²) in [6.45, 7) is 6.10. The Labute approximate surface area is 71.7 Å². The Morgan fingerprint density at radius 2 is 2.33 bits per heavy atom. The van der Waals surface area contributed by atoms with E-state index in [0.29, 0.717) is 11.7 Å². The molecule has 0 amide bonds. The van der Waals surface area contributed by atoms with Crippen molar-refractivity contribution < 1.29 is 0 Å². The molecule has 1 heterocycles. The molecule has 1 rings (SSSR count). The standard InChI is InChI=1S/C7H15N5/c1-4-5(2)7(3,8)6-9-11-12-10-6/h5H,4,8H2,1-3H3,(H,9,10,11,12). The van der Waals surface area contributed by atoms with E-state index in [0.717, 1.165) is 6.42 Å². The normalized spacial score (nSPS) is 18.7. The van der Waals surface area contributed by atoms with Crippen LogP contribution >= 0.6 is 0 Å². The highest BCUT2D eigenvalue weighted by atomic mass is 15.5. The van der Waals surface area contributed by atoms with Crippen LogP contribution in [0, 0.1) is 5.92 Å². The number of aromatic amines is 1. The molecule has 68 valence electrons. The molecule has 0 aliphatic rings. The summed E-state index contributed by atoms with van der Waals surface area (Å²) in [5, 5.41) is 13.7. The maximum absolute atomic E-state index is 6.05. The monoisotopic (exact) mass is 169 g/mol. The zero-order valence-electron chi connectivity index (χ0n) is 7.70. The molecule has 0 fully saturated rings. The average molecular weight is 169 g/mol. The van der Waals surface area contributed by atoms with E-state index in [1.165, 1.54) is 0 Å². The second-order valence-corrected chi connectivity index (χ2v) is 3.33. The molecule has 0 aromatic carbocycles. The zero-order valence-corrected chi connectivity index (χ0v) is 7.70. The molecule has 1 aromatic rings. The molecular formula is C7H15N5. The summed E-state index contributed by atoms with van der Waals surface area (Å²) >= 11 is 0. The SMILES string of the molecule is CCC(C)C(C)(N)c1nn[nH]n1. The molecule has 0 aliphatic heterocycles. The Morgan fingerprint density at radius 1 is 1.67 bits per heavy atom. The van der Waals surface area contributed by atoms with E-state index in [-0.39, 0.29) is 0 Å². The first-order valence-corrected chi connectivity index (χ1v) is 4.11. The number of rotatable bonds is 3. The minimum Gasteiger partial charge on any atom is -0.319 e. The van der Waals surface area contributed by atoms with Gasteiger partial charge in [0.25, 0.3) is 0 Å². The Balaban J connectivity index is 2.85. The fourth-order valence-electron chi connectivity index (χ4n) is 1.03. The van der Waals surface area contributed by atoms with Crippen LogP contribution in [0.4, 0.5) is 0 Å². The molecule has 0 saturated carbocycles. The highest BCUT2D eigenvalue weighted by Crippen LogP contribution is 2.24. The van der Waals surface area contributed by atoms with Crippen LogP contribution in [-0.4, -0.2) is 20.6 Å². The minimum atomic E-state index is -0.484. The third-order valence-corrected chi connectivity index (χ3v) is 2.46. The summed E-state index contributed by atoms with van der Waals surface area (Å²) in [5.74, 6) is 0.923. The van der Waals surface area contributed by atoms with Crippen molar-refractivity contribution >= 4 is 0 Å². The van der Waals surface area contributed by atoms with E-state index >= 15 is 0 Å². The van der Waals surface area contributed by atoms with E-state index < -0.39 is 5.54 Å². The molecule has 0 aliphatic carbocycles. The molecular weight excluding hydrogens is 154 g/mol. The van der Waals surface area contributed by atoms with Gasteiger partial charge in [-0.1, -0.05) is 25.5 Å². The highest BCUT2D eigenvalue weighted by molar-refractivity contribution is 5.00. The lowest BCUT2D eigenvalue weighted by Crippen LogP contribution is -2.40. The van der Waals surface area contributed by atoms with Gasteiger partial charge in [0.2, 0.25) is 0 Å². The van der Waals surface area contributed by atoms with Crippen LogP contribution in [0.25, 0.3) is 0 Å². The molecule has 5 heteroatoms. The van der Waals surface area contributed by atoms with Gasteiger partial charge in [-0.05, 0) is 12.8 Å². The Kier molecular flexibility index (Phi) is 2.42. The Morgan fingerprint density at radius 3 is 2.75 bits per heavy atom. The van der Waals surface area contributed by atoms with Gasteiger partial charge in [0.15, 0.2) is 5.82 Å². The van der Waals surface area contributed by atoms with E-state index in [1.807, 2.05) is 6.92 Å². The molecule has 3 N–H and O–H groups in total. The van der Waals surface area contributed by atoms with Gasteiger partial charge < -0.3 is 5.73 Å². The van der Waals surface area contributed by atoms with Gasteiger partial charge in [0.1, 0.15) is 0 Å². The predicted octanol–water partition coefficient (Wildman–Crippen LogP) is 0.420. The molecule has 2 atom stereocenters.